The molecule has 0 aliphatic carbocycles. The van der Waals surface area contributed by atoms with Gasteiger partial charge in [0, 0.05) is 29.7 Å². The molecule has 0 saturated carbocycles. The van der Waals surface area contributed by atoms with Crippen LogP contribution < -0.4 is 10.5 Å². The molecule has 17 heavy (non-hydrogen) atoms. The van der Waals surface area contributed by atoms with Gasteiger partial charge in [-0.15, -0.1) is 0 Å². The van der Waals surface area contributed by atoms with Gasteiger partial charge in [0.2, 0.25) is 0 Å². The molecule has 1 aromatic heterocycles. The third kappa shape index (κ3) is 2.75. The zero-order chi connectivity index (χ0) is 12.3. The van der Waals surface area contributed by atoms with Gasteiger partial charge in [0.15, 0.2) is 0 Å². The molecular formula is C14H16N2O. The van der Waals surface area contributed by atoms with E-state index in [1.165, 1.54) is 0 Å². The van der Waals surface area contributed by atoms with Crippen molar-refractivity contribution < 1.29 is 4.74 Å². The lowest BCUT2D eigenvalue weighted by Crippen LogP contribution is -1.99. The molecule has 2 aromatic rings. The number of nitrogen functional groups attached to an aromatic ring is 1. The average Bonchev–Trinajstić information content (AvgIpc) is 2.33. The predicted molar refractivity (Wildman–Crippen MR) is 68.9 cm³/mol. The van der Waals surface area contributed by atoms with E-state index in [-0.39, 0.29) is 0 Å². The Hall–Kier alpha value is -2.03. The van der Waals surface area contributed by atoms with Crippen LogP contribution in [0.1, 0.15) is 16.7 Å². The van der Waals surface area contributed by atoms with Gasteiger partial charge < -0.3 is 10.5 Å². The summed E-state index contributed by atoms with van der Waals surface area (Å²) >= 11 is 0. The number of hydrogen-bond acceptors (Lipinski definition) is 3. The van der Waals surface area contributed by atoms with Gasteiger partial charge in [-0.25, -0.2) is 0 Å². The fourth-order valence-corrected chi connectivity index (χ4v) is 1.65. The first-order valence-electron chi connectivity index (χ1n) is 5.55. The van der Waals surface area contributed by atoms with Crippen LogP contribution in [-0.2, 0) is 6.61 Å². The minimum atomic E-state index is 0.511. The van der Waals surface area contributed by atoms with E-state index < -0.39 is 0 Å². The molecular weight excluding hydrogens is 212 g/mol. The lowest BCUT2D eigenvalue weighted by atomic mass is 10.1. The third-order valence-corrected chi connectivity index (χ3v) is 2.68. The SMILES string of the molecule is Cc1cc(C)c(OCc2cccnc2)cc1N. The average molecular weight is 228 g/mol. The van der Waals surface area contributed by atoms with Crippen LogP contribution in [0.2, 0.25) is 0 Å². The van der Waals surface area contributed by atoms with Crippen LogP contribution in [0.25, 0.3) is 0 Å². The normalized spacial score (nSPS) is 10.2. The topological polar surface area (TPSA) is 48.1 Å². The van der Waals surface area contributed by atoms with E-state index in [1.807, 2.05) is 38.1 Å². The first kappa shape index (κ1) is 11.5. The van der Waals surface area contributed by atoms with Crippen molar-refractivity contribution in [2.24, 2.45) is 0 Å². The van der Waals surface area contributed by atoms with Gasteiger partial charge >= 0.3 is 0 Å². The Morgan fingerprint density at radius 1 is 1.24 bits per heavy atom. The standard InChI is InChI=1S/C14H16N2O/c1-10-6-11(2)14(7-13(10)15)17-9-12-4-3-5-16-8-12/h3-8H,9,15H2,1-2H3. The first-order valence-corrected chi connectivity index (χ1v) is 5.55. The molecule has 1 heterocycles. The molecule has 1 aromatic carbocycles. The fourth-order valence-electron chi connectivity index (χ4n) is 1.65. The highest BCUT2D eigenvalue weighted by Gasteiger charge is 2.03. The molecule has 0 amide bonds. The maximum Gasteiger partial charge on any atom is 0.124 e. The maximum absolute atomic E-state index is 5.87. The van der Waals surface area contributed by atoms with Crippen molar-refractivity contribution in [2.45, 2.75) is 20.5 Å². The summed E-state index contributed by atoms with van der Waals surface area (Å²) in [6.45, 7) is 4.52. The summed E-state index contributed by atoms with van der Waals surface area (Å²) < 4.78 is 5.74. The molecule has 0 fully saturated rings. The number of nitrogens with two attached hydrogens (primary N) is 1. The van der Waals surface area contributed by atoms with Crippen molar-refractivity contribution >= 4 is 5.69 Å². The number of nitrogens with zero attached hydrogens (tertiary/aromatic N) is 1. The monoisotopic (exact) mass is 228 g/mol. The first-order chi connectivity index (χ1) is 8.16. The Morgan fingerprint density at radius 3 is 2.76 bits per heavy atom. The number of aromatic nitrogens is 1. The zero-order valence-corrected chi connectivity index (χ0v) is 10.1. The summed E-state index contributed by atoms with van der Waals surface area (Å²) in [7, 11) is 0. The van der Waals surface area contributed by atoms with Gasteiger partial charge in [0.25, 0.3) is 0 Å². The van der Waals surface area contributed by atoms with E-state index in [0.29, 0.717) is 6.61 Å². The second-order valence-electron chi connectivity index (χ2n) is 4.12. The smallest absolute Gasteiger partial charge is 0.124 e. The van der Waals surface area contributed by atoms with Crippen LogP contribution in [0, 0.1) is 13.8 Å². The molecule has 0 spiro atoms. The molecule has 0 aliphatic heterocycles. The van der Waals surface area contributed by atoms with E-state index in [9.17, 15) is 0 Å². The Kier molecular flexibility index (Phi) is 3.28. The Balaban J connectivity index is 2.12. The molecule has 0 bridgehead atoms. The molecule has 0 unspecified atom stereocenters. The highest BCUT2D eigenvalue weighted by Crippen LogP contribution is 2.25. The van der Waals surface area contributed by atoms with Gasteiger partial charge in [0.1, 0.15) is 12.4 Å². The lowest BCUT2D eigenvalue weighted by Gasteiger charge is -2.11. The Morgan fingerprint density at radius 2 is 2.06 bits per heavy atom. The second-order valence-corrected chi connectivity index (χ2v) is 4.12. The number of aryl methyl sites for hydroxylation is 2. The summed E-state index contributed by atoms with van der Waals surface area (Å²) in [5, 5.41) is 0. The highest BCUT2D eigenvalue weighted by molar-refractivity contribution is 5.54. The molecule has 88 valence electrons. The summed E-state index contributed by atoms with van der Waals surface area (Å²) in [6.07, 6.45) is 3.55. The Labute approximate surface area is 101 Å². The van der Waals surface area contributed by atoms with E-state index in [1.54, 1.807) is 12.4 Å². The second kappa shape index (κ2) is 4.87. The van der Waals surface area contributed by atoms with E-state index >= 15 is 0 Å². The summed E-state index contributed by atoms with van der Waals surface area (Å²) in [5.74, 6) is 0.831. The van der Waals surface area contributed by atoms with E-state index in [4.69, 9.17) is 10.5 Å². The molecule has 0 saturated heterocycles. The third-order valence-electron chi connectivity index (χ3n) is 2.68. The molecule has 3 nitrogen and oxygen atoms in total. The van der Waals surface area contributed by atoms with Crippen molar-refractivity contribution in [1.29, 1.82) is 0 Å². The summed E-state index contributed by atoms with van der Waals surface area (Å²) in [6, 6.07) is 7.80. The number of rotatable bonds is 3. The molecule has 3 heteroatoms. The molecule has 0 atom stereocenters. The summed E-state index contributed by atoms with van der Waals surface area (Å²) in [5.41, 5.74) is 9.85. The minimum Gasteiger partial charge on any atom is -0.488 e. The van der Waals surface area contributed by atoms with Crippen LogP contribution in [0.5, 0.6) is 5.75 Å². The number of pyridine rings is 1. The van der Waals surface area contributed by atoms with Crippen molar-refractivity contribution in [2.75, 3.05) is 5.73 Å². The van der Waals surface area contributed by atoms with Gasteiger partial charge in [-0.3, -0.25) is 4.98 Å². The van der Waals surface area contributed by atoms with Crippen LogP contribution in [-0.4, -0.2) is 4.98 Å². The molecule has 0 radical (unpaired) electrons. The zero-order valence-electron chi connectivity index (χ0n) is 10.1. The molecule has 2 rings (SSSR count). The predicted octanol–water partition coefficient (Wildman–Crippen LogP) is 2.86. The number of ether oxygens (including phenoxy) is 1. The highest BCUT2D eigenvalue weighted by atomic mass is 16.5. The van der Waals surface area contributed by atoms with E-state index in [0.717, 1.165) is 28.1 Å². The summed E-state index contributed by atoms with van der Waals surface area (Å²) in [4.78, 5) is 4.05. The number of hydrogen-bond donors (Lipinski definition) is 1. The lowest BCUT2D eigenvalue weighted by molar-refractivity contribution is 0.304. The van der Waals surface area contributed by atoms with Crippen LogP contribution in [0.3, 0.4) is 0 Å². The maximum atomic E-state index is 5.87. The van der Waals surface area contributed by atoms with Gasteiger partial charge in [-0.2, -0.15) is 0 Å². The number of benzene rings is 1. The van der Waals surface area contributed by atoms with Gasteiger partial charge in [-0.1, -0.05) is 12.1 Å². The van der Waals surface area contributed by atoms with Gasteiger partial charge in [0.05, 0.1) is 0 Å². The van der Waals surface area contributed by atoms with Crippen molar-refractivity contribution in [1.82, 2.24) is 4.98 Å². The van der Waals surface area contributed by atoms with Gasteiger partial charge in [-0.05, 0) is 31.0 Å². The van der Waals surface area contributed by atoms with E-state index in [2.05, 4.69) is 4.98 Å². The number of anilines is 1. The Bertz CT molecular complexity index is 509. The minimum absolute atomic E-state index is 0.511. The van der Waals surface area contributed by atoms with Crippen molar-refractivity contribution in [3.05, 3.63) is 53.3 Å². The van der Waals surface area contributed by atoms with Crippen molar-refractivity contribution in [3.8, 4) is 5.75 Å². The quantitative estimate of drug-likeness (QED) is 0.822. The molecule has 0 aliphatic rings. The van der Waals surface area contributed by atoms with Crippen LogP contribution in [0.4, 0.5) is 5.69 Å². The molecule has 2 N–H and O–H groups in total. The van der Waals surface area contributed by atoms with Crippen LogP contribution >= 0.6 is 0 Å². The van der Waals surface area contributed by atoms with Crippen molar-refractivity contribution in [3.63, 3.8) is 0 Å². The van der Waals surface area contributed by atoms with Crippen LogP contribution in [0.15, 0.2) is 36.7 Å². The largest absolute Gasteiger partial charge is 0.488 e. The fraction of sp³-hybridized carbons (Fsp3) is 0.214.